The van der Waals surface area contributed by atoms with Crippen molar-refractivity contribution in [2.45, 2.75) is 70.4 Å². The minimum atomic E-state index is -0.778. The number of ether oxygens (including phenoxy) is 2. The minimum Gasteiger partial charge on any atom is -0.459 e. The molecule has 25 heavy (non-hydrogen) atoms. The SMILES string of the molecule is CC(C)(O)C1C2CC3C(OC(C)(C)C31)C2OC(=O)C1CC2C=CC1C2. The van der Waals surface area contributed by atoms with Gasteiger partial charge in [0, 0.05) is 5.92 Å². The van der Waals surface area contributed by atoms with E-state index in [4.69, 9.17) is 9.47 Å². The maximum atomic E-state index is 12.9. The van der Waals surface area contributed by atoms with Crippen LogP contribution in [0.2, 0.25) is 0 Å². The monoisotopic (exact) mass is 346 g/mol. The molecule has 5 rings (SSSR count). The number of carbonyl (C=O) groups excluding carboxylic acids is 1. The first kappa shape index (κ1) is 16.3. The molecule has 0 aromatic carbocycles. The Kier molecular flexibility index (Phi) is 3.19. The maximum absolute atomic E-state index is 12.9. The zero-order chi connectivity index (χ0) is 17.7. The molecule has 138 valence electrons. The number of aliphatic hydroxyl groups is 1. The highest BCUT2D eigenvalue weighted by Crippen LogP contribution is 2.65. The third-order valence-corrected chi connectivity index (χ3v) is 7.91. The first-order chi connectivity index (χ1) is 11.7. The predicted molar refractivity (Wildman–Crippen MR) is 92.6 cm³/mol. The van der Waals surface area contributed by atoms with Gasteiger partial charge >= 0.3 is 5.97 Å². The molecule has 4 bridgehead atoms. The molecule has 4 aliphatic carbocycles. The van der Waals surface area contributed by atoms with Crippen LogP contribution >= 0.6 is 0 Å². The van der Waals surface area contributed by atoms with Crippen molar-refractivity contribution in [1.29, 1.82) is 0 Å². The number of allylic oxidation sites excluding steroid dienone is 2. The molecule has 0 amide bonds. The molecule has 0 aromatic rings. The second kappa shape index (κ2) is 4.89. The van der Waals surface area contributed by atoms with Crippen LogP contribution in [-0.4, -0.2) is 34.5 Å². The van der Waals surface area contributed by atoms with Crippen LogP contribution in [0.3, 0.4) is 0 Å². The highest BCUT2D eigenvalue weighted by molar-refractivity contribution is 5.74. The summed E-state index contributed by atoms with van der Waals surface area (Å²) in [5, 5.41) is 10.8. The highest BCUT2D eigenvalue weighted by atomic mass is 16.6. The molecule has 0 radical (unpaired) electrons. The van der Waals surface area contributed by atoms with E-state index in [1.807, 2.05) is 13.8 Å². The second-order valence-electron chi connectivity index (χ2n) is 10.2. The Morgan fingerprint density at radius 3 is 2.56 bits per heavy atom. The van der Waals surface area contributed by atoms with Crippen molar-refractivity contribution in [3.8, 4) is 0 Å². The van der Waals surface area contributed by atoms with Crippen LogP contribution in [0, 0.1) is 41.4 Å². The topological polar surface area (TPSA) is 55.8 Å². The van der Waals surface area contributed by atoms with Crippen molar-refractivity contribution in [3.63, 3.8) is 0 Å². The fraction of sp³-hybridized carbons (Fsp3) is 0.857. The van der Waals surface area contributed by atoms with Crippen LogP contribution in [-0.2, 0) is 14.3 Å². The Bertz CT molecular complexity index is 630. The first-order valence-corrected chi connectivity index (χ1v) is 9.96. The van der Waals surface area contributed by atoms with Crippen LogP contribution in [0.15, 0.2) is 12.2 Å². The maximum Gasteiger partial charge on any atom is 0.309 e. The average Bonchev–Trinajstić information content (AvgIpc) is 3.26. The van der Waals surface area contributed by atoms with Gasteiger partial charge in [-0.1, -0.05) is 12.2 Å². The number of hydrogen-bond acceptors (Lipinski definition) is 4. The van der Waals surface area contributed by atoms with Gasteiger partial charge in [0.05, 0.1) is 23.2 Å². The van der Waals surface area contributed by atoms with Gasteiger partial charge in [0.1, 0.15) is 6.10 Å². The lowest BCUT2D eigenvalue weighted by atomic mass is 9.66. The van der Waals surface area contributed by atoms with E-state index in [0.29, 0.717) is 23.7 Å². The Hall–Kier alpha value is -0.870. The molecule has 1 heterocycles. The van der Waals surface area contributed by atoms with Crippen molar-refractivity contribution in [2.75, 3.05) is 0 Å². The summed E-state index contributed by atoms with van der Waals surface area (Å²) in [7, 11) is 0. The Morgan fingerprint density at radius 2 is 1.96 bits per heavy atom. The summed E-state index contributed by atoms with van der Waals surface area (Å²) < 4.78 is 12.5. The van der Waals surface area contributed by atoms with Crippen LogP contribution in [0.5, 0.6) is 0 Å². The van der Waals surface area contributed by atoms with Crippen molar-refractivity contribution in [3.05, 3.63) is 12.2 Å². The summed E-state index contributed by atoms with van der Waals surface area (Å²) in [5.74, 6) is 2.04. The molecule has 3 saturated carbocycles. The van der Waals surface area contributed by atoms with Crippen LogP contribution in [0.4, 0.5) is 0 Å². The van der Waals surface area contributed by atoms with E-state index in [9.17, 15) is 9.90 Å². The number of hydrogen-bond donors (Lipinski definition) is 1. The van der Waals surface area contributed by atoms with E-state index in [1.54, 1.807) is 0 Å². The minimum absolute atomic E-state index is 0.0154. The lowest BCUT2D eigenvalue weighted by molar-refractivity contribution is -0.169. The summed E-state index contributed by atoms with van der Waals surface area (Å²) >= 11 is 0. The van der Waals surface area contributed by atoms with Gasteiger partial charge in [-0.05, 0) is 76.5 Å². The number of carbonyl (C=O) groups is 1. The van der Waals surface area contributed by atoms with Gasteiger partial charge in [0.2, 0.25) is 0 Å². The van der Waals surface area contributed by atoms with E-state index in [0.717, 1.165) is 19.3 Å². The summed E-state index contributed by atoms with van der Waals surface area (Å²) in [6.45, 7) is 8.08. The second-order valence-corrected chi connectivity index (χ2v) is 10.2. The molecule has 1 aliphatic heterocycles. The summed E-state index contributed by atoms with van der Waals surface area (Å²) in [6, 6.07) is 0. The zero-order valence-electron chi connectivity index (χ0n) is 15.6. The van der Waals surface area contributed by atoms with Crippen LogP contribution in [0.1, 0.15) is 47.0 Å². The van der Waals surface area contributed by atoms with Crippen molar-refractivity contribution >= 4 is 5.97 Å². The van der Waals surface area contributed by atoms with E-state index in [1.165, 1.54) is 0 Å². The fourth-order valence-corrected chi connectivity index (χ4v) is 7.23. The third kappa shape index (κ3) is 2.16. The fourth-order valence-electron chi connectivity index (χ4n) is 7.23. The normalized spacial score (nSPS) is 51.5. The van der Waals surface area contributed by atoms with E-state index in [2.05, 4.69) is 26.0 Å². The summed E-state index contributed by atoms with van der Waals surface area (Å²) in [5.41, 5.74) is -1.04. The van der Waals surface area contributed by atoms with Gasteiger partial charge in [-0.3, -0.25) is 4.79 Å². The lowest BCUT2D eigenvalue weighted by Crippen LogP contribution is -2.49. The van der Waals surface area contributed by atoms with Crippen molar-refractivity contribution in [1.82, 2.24) is 0 Å². The van der Waals surface area contributed by atoms with E-state index >= 15 is 0 Å². The molecule has 4 heteroatoms. The molecule has 1 saturated heterocycles. The largest absolute Gasteiger partial charge is 0.459 e. The van der Waals surface area contributed by atoms with Gasteiger partial charge in [-0.2, -0.15) is 0 Å². The molecule has 0 spiro atoms. The number of rotatable bonds is 3. The third-order valence-electron chi connectivity index (χ3n) is 7.91. The number of esters is 1. The summed E-state index contributed by atoms with van der Waals surface area (Å²) in [4.78, 5) is 12.9. The zero-order valence-corrected chi connectivity index (χ0v) is 15.6. The predicted octanol–water partition coefficient (Wildman–Crippen LogP) is 2.94. The Labute approximate surface area is 150 Å². The van der Waals surface area contributed by atoms with Crippen molar-refractivity contribution in [2.24, 2.45) is 41.4 Å². The molecular formula is C21H30O4. The van der Waals surface area contributed by atoms with Crippen LogP contribution in [0.25, 0.3) is 0 Å². The molecular weight excluding hydrogens is 316 g/mol. The molecule has 9 atom stereocenters. The molecule has 4 fully saturated rings. The van der Waals surface area contributed by atoms with Crippen LogP contribution < -0.4 is 0 Å². The molecule has 0 aromatic heterocycles. The molecule has 9 unspecified atom stereocenters. The van der Waals surface area contributed by atoms with Gasteiger partial charge in [0.15, 0.2) is 0 Å². The first-order valence-electron chi connectivity index (χ1n) is 9.96. The van der Waals surface area contributed by atoms with E-state index in [-0.39, 0.29) is 41.5 Å². The van der Waals surface area contributed by atoms with Gasteiger partial charge in [0.25, 0.3) is 0 Å². The van der Waals surface area contributed by atoms with Crippen molar-refractivity contribution < 1.29 is 19.4 Å². The van der Waals surface area contributed by atoms with Gasteiger partial charge in [-0.25, -0.2) is 0 Å². The van der Waals surface area contributed by atoms with Gasteiger partial charge in [-0.15, -0.1) is 0 Å². The molecule has 5 aliphatic rings. The quantitative estimate of drug-likeness (QED) is 0.631. The average molecular weight is 346 g/mol. The lowest BCUT2D eigenvalue weighted by Gasteiger charge is -2.41. The van der Waals surface area contributed by atoms with Gasteiger partial charge < -0.3 is 14.6 Å². The standard InChI is InChI=1S/C21H30O4/c1-20(2,23)15-13-9-14-16(15)21(3,4)25-18(14)17(13)24-19(22)12-8-10-5-6-11(12)7-10/h5-6,10-18,23H,7-9H2,1-4H3. The molecule has 4 nitrogen and oxygen atoms in total. The molecule has 1 N–H and O–H groups in total. The Morgan fingerprint density at radius 1 is 1.20 bits per heavy atom. The Balaban J connectivity index is 1.40. The number of fused-ring (bicyclic) bond motifs is 3. The summed E-state index contributed by atoms with van der Waals surface area (Å²) in [6.07, 6.45) is 7.35. The smallest absolute Gasteiger partial charge is 0.309 e. The highest BCUT2D eigenvalue weighted by Gasteiger charge is 2.71. The van der Waals surface area contributed by atoms with E-state index < -0.39 is 5.60 Å².